The standard InChI is InChI=1S/C22H31N3O3/c1-14-7-6-8-17-15(2)21(24(5)20(14)17)22(28)25-12-11-18(23(3)4)16(13-25)9-10-19(26)27/h6-8,16,18H,9-13H2,1-5H3,(H,26,27). The zero-order valence-corrected chi connectivity index (χ0v) is 17.5. The molecular weight excluding hydrogens is 354 g/mol. The van der Waals surface area contributed by atoms with E-state index in [1.165, 1.54) is 0 Å². The Balaban J connectivity index is 1.89. The molecule has 0 radical (unpaired) electrons. The number of aromatic nitrogens is 1. The first kappa shape index (κ1) is 20.4. The summed E-state index contributed by atoms with van der Waals surface area (Å²) in [5, 5.41) is 10.2. The number of carbonyl (C=O) groups excluding carboxylic acids is 1. The van der Waals surface area contributed by atoms with Gasteiger partial charge in [0.25, 0.3) is 5.91 Å². The number of aryl methyl sites for hydroxylation is 3. The van der Waals surface area contributed by atoms with Gasteiger partial charge in [0, 0.05) is 38.0 Å². The Morgan fingerprint density at radius 1 is 1.25 bits per heavy atom. The van der Waals surface area contributed by atoms with Crippen LogP contribution in [0.3, 0.4) is 0 Å². The summed E-state index contributed by atoms with van der Waals surface area (Å²) in [6, 6.07) is 6.48. The van der Waals surface area contributed by atoms with Crippen molar-refractivity contribution in [3.63, 3.8) is 0 Å². The van der Waals surface area contributed by atoms with E-state index in [2.05, 4.69) is 24.0 Å². The molecule has 1 aliphatic heterocycles. The van der Waals surface area contributed by atoms with Crippen molar-refractivity contribution in [1.82, 2.24) is 14.4 Å². The minimum Gasteiger partial charge on any atom is -0.481 e. The van der Waals surface area contributed by atoms with Crippen LogP contribution in [0.4, 0.5) is 0 Å². The van der Waals surface area contributed by atoms with Crippen LogP contribution in [0.15, 0.2) is 18.2 Å². The number of likely N-dealkylation sites (tertiary alicyclic amines) is 1. The second-order valence-electron chi connectivity index (χ2n) is 8.27. The third-order valence-electron chi connectivity index (χ3n) is 6.24. The van der Waals surface area contributed by atoms with E-state index in [9.17, 15) is 9.59 Å². The Morgan fingerprint density at radius 3 is 2.57 bits per heavy atom. The maximum absolute atomic E-state index is 13.5. The van der Waals surface area contributed by atoms with E-state index in [0.29, 0.717) is 25.6 Å². The number of amides is 1. The number of hydrogen-bond acceptors (Lipinski definition) is 3. The van der Waals surface area contributed by atoms with Crippen molar-refractivity contribution < 1.29 is 14.7 Å². The lowest BCUT2D eigenvalue weighted by atomic mass is 9.87. The summed E-state index contributed by atoms with van der Waals surface area (Å²) < 4.78 is 2.02. The van der Waals surface area contributed by atoms with Gasteiger partial charge < -0.3 is 19.5 Å². The van der Waals surface area contributed by atoms with E-state index >= 15 is 0 Å². The molecule has 6 nitrogen and oxygen atoms in total. The normalized spacial score (nSPS) is 20.1. The average Bonchev–Trinajstić information content (AvgIpc) is 2.90. The molecule has 1 aromatic heterocycles. The molecule has 28 heavy (non-hydrogen) atoms. The van der Waals surface area contributed by atoms with Gasteiger partial charge >= 0.3 is 5.97 Å². The molecule has 2 aromatic rings. The lowest BCUT2D eigenvalue weighted by Gasteiger charge is -2.41. The highest BCUT2D eigenvalue weighted by Crippen LogP contribution is 2.30. The van der Waals surface area contributed by atoms with E-state index in [1.54, 1.807) is 0 Å². The molecule has 0 aliphatic carbocycles. The van der Waals surface area contributed by atoms with Crippen LogP contribution in [-0.2, 0) is 11.8 Å². The predicted molar refractivity (Wildman–Crippen MR) is 111 cm³/mol. The smallest absolute Gasteiger partial charge is 0.303 e. The predicted octanol–water partition coefficient (Wildman–Crippen LogP) is 3.05. The van der Waals surface area contributed by atoms with Gasteiger partial charge in [-0.2, -0.15) is 0 Å². The minimum absolute atomic E-state index is 0.0492. The van der Waals surface area contributed by atoms with Gasteiger partial charge in [0.05, 0.1) is 5.52 Å². The van der Waals surface area contributed by atoms with Gasteiger partial charge in [-0.05, 0) is 57.8 Å². The number of hydrogen-bond donors (Lipinski definition) is 1. The molecule has 0 spiro atoms. The molecule has 1 saturated heterocycles. The van der Waals surface area contributed by atoms with E-state index in [-0.39, 0.29) is 18.2 Å². The van der Waals surface area contributed by atoms with Crippen LogP contribution in [-0.4, -0.2) is 64.6 Å². The van der Waals surface area contributed by atoms with Crippen LogP contribution >= 0.6 is 0 Å². The van der Waals surface area contributed by atoms with Gasteiger partial charge in [-0.1, -0.05) is 18.2 Å². The Labute approximate surface area is 166 Å². The number of aliphatic carboxylic acids is 1. The summed E-state index contributed by atoms with van der Waals surface area (Å²) in [5.74, 6) is -0.561. The molecule has 0 saturated carbocycles. The molecule has 1 amide bonds. The summed E-state index contributed by atoms with van der Waals surface area (Å²) >= 11 is 0. The maximum Gasteiger partial charge on any atom is 0.303 e. The fourth-order valence-corrected chi connectivity index (χ4v) is 4.83. The zero-order chi connectivity index (χ0) is 20.6. The molecule has 0 bridgehead atoms. The number of para-hydroxylation sites is 1. The van der Waals surface area contributed by atoms with Crippen LogP contribution < -0.4 is 0 Å². The first-order chi connectivity index (χ1) is 13.2. The number of piperidine rings is 1. The van der Waals surface area contributed by atoms with Crippen LogP contribution in [0.25, 0.3) is 10.9 Å². The van der Waals surface area contributed by atoms with Crippen molar-refractivity contribution in [3.8, 4) is 0 Å². The second kappa shape index (κ2) is 7.95. The molecule has 3 rings (SSSR count). The zero-order valence-electron chi connectivity index (χ0n) is 17.5. The topological polar surface area (TPSA) is 65.8 Å². The summed E-state index contributed by atoms with van der Waals surface area (Å²) in [4.78, 5) is 28.6. The number of benzene rings is 1. The van der Waals surface area contributed by atoms with E-state index in [4.69, 9.17) is 5.11 Å². The van der Waals surface area contributed by atoms with Crippen molar-refractivity contribution in [2.45, 2.75) is 39.2 Å². The Kier molecular flexibility index (Phi) is 5.79. The van der Waals surface area contributed by atoms with Crippen molar-refractivity contribution in [1.29, 1.82) is 0 Å². The van der Waals surface area contributed by atoms with Crippen LogP contribution in [0.1, 0.15) is 40.9 Å². The van der Waals surface area contributed by atoms with E-state index in [0.717, 1.165) is 34.1 Å². The fourth-order valence-electron chi connectivity index (χ4n) is 4.83. The molecule has 6 heteroatoms. The van der Waals surface area contributed by atoms with Gasteiger partial charge in [0.2, 0.25) is 0 Å². The van der Waals surface area contributed by atoms with Crippen LogP contribution in [0.2, 0.25) is 0 Å². The average molecular weight is 386 g/mol. The van der Waals surface area contributed by atoms with Crippen LogP contribution in [0, 0.1) is 19.8 Å². The number of carbonyl (C=O) groups is 2. The van der Waals surface area contributed by atoms with Crippen molar-refractivity contribution in [3.05, 3.63) is 35.0 Å². The van der Waals surface area contributed by atoms with Gasteiger partial charge in [-0.25, -0.2) is 0 Å². The lowest BCUT2D eigenvalue weighted by molar-refractivity contribution is -0.137. The monoisotopic (exact) mass is 385 g/mol. The number of rotatable bonds is 5. The largest absolute Gasteiger partial charge is 0.481 e. The van der Waals surface area contributed by atoms with Crippen molar-refractivity contribution in [2.24, 2.45) is 13.0 Å². The SMILES string of the molecule is Cc1c(C(=O)N2CCC(N(C)C)C(CCC(=O)O)C2)n(C)c2c(C)cccc12. The van der Waals surface area contributed by atoms with Gasteiger partial charge in [0.15, 0.2) is 0 Å². The molecule has 2 atom stereocenters. The van der Waals surface area contributed by atoms with E-state index < -0.39 is 5.97 Å². The molecule has 1 fully saturated rings. The van der Waals surface area contributed by atoms with Crippen molar-refractivity contribution in [2.75, 3.05) is 27.2 Å². The van der Waals surface area contributed by atoms with E-state index in [1.807, 2.05) is 43.6 Å². The first-order valence-corrected chi connectivity index (χ1v) is 9.94. The summed E-state index contributed by atoms with van der Waals surface area (Å²) in [5.41, 5.74) is 4.02. The number of nitrogens with zero attached hydrogens (tertiary/aromatic N) is 3. The van der Waals surface area contributed by atoms with Crippen molar-refractivity contribution >= 4 is 22.8 Å². The first-order valence-electron chi connectivity index (χ1n) is 9.94. The highest BCUT2D eigenvalue weighted by atomic mass is 16.4. The molecule has 1 aromatic carbocycles. The number of carboxylic acid groups (broad SMARTS) is 1. The Morgan fingerprint density at radius 2 is 1.96 bits per heavy atom. The lowest BCUT2D eigenvalue weighted by Crippen LogP contribution is -2.51. The number of fused-ring (bicyclic) bond motifs is 1. The molecule has 1 aliphatic rings. The molecular formula is C22H31N3O3. The third-order valence-corrected chi connectivity index (χ3v) is 6.24. The fraction of sp³-hybridized carbons (Fsp3) is 0.545. The second-order valence-corrected chi connectivity index (χ2v) is 8.27. The minimum atomic E-state index is -0.777. The summed E-state index contributed by atoms with van der Waals surface area (Å²) in [7, 11) is 6.03. The van der Waals surface area contributed by atoms with Gasteiger partial charge in [-0.15, -0.1) is 0 Å². The molecule has 2 unspecified atom stereocenters. The highest BCUT2D eigenvalue weighted by Gasteiger charge is 2.34. The Hall–Kier alpha value is -2.34. The maximum atomic E-state index is 13.5. The number of carboxylic acids is 1. The van der Waals surface area contributed by atoms with Gasteiger partial charge in [0.1, 0.15) is 5.69 Å². The van der Waals surface area contributed by atoms with Gasteiger partial charge in [-0.3, -0.25) is 9.59 Å². The molecule has 1 N–H and O–H groups in total. The van der Waals surface area contributed by atoms with Crippen LogP contribution in [0.5, 0.6) is 0 Å². The molecule has 2 heterocycles. The molecule has 152 valence electrons. The highest BCUT2D eigenvalue weighted by molar-refractivity contribution is 6.02. The summed E-state index contributed by atoms with van der Waals surface area (Å²) in [6.07, 6.45) is 1.60. The summed E-state index contributed by atoms with van der Waals surface area (Å²) in [6.45, 7) is 5.39. The third kappa shape index (κ3) is 3.65. The quantitative estimate of drug-likeness (QED) is 0.859. The Bertz CT molecular complexity index is 900.